The average molecular weight is 328 g/mol. The zero-order chi connectivity index (χ0) is 13.8. The third-order valence-corrected chi connectivity index (χ3v) is 4.67. The number of nitrogens with one attached hydrogen (secondary N) is 1. The van der Waals surface area contributed by atoms with Crippen molar-refractivity contribution in [3.05, 3.63) is 16.4 Å². The molecular weight excluding hydrogens is 302 g/mol. The fourth-order valence-electron chi connectivity index (χ4n) is 3.13. The smallest absolute Gasteiger partial charge is 0.0701 e. The first kappa shape index (κ1) is 15.0. The van der Waals surface area contributed by atoms with Gasteiger partial charge in [0.25, 0.3) is 0 Å². The molecule has 1 aliphatic rings. The Labute approximate surface area is 125 Å². The van der Waals surface area contributed by atoms with E-state index in [1.54, 1.807) is 0 Å². The second kappa shape index (κ2) is 6.89. The Bertz CT molecular complexity index is 394. The molecule has 0 spiro atoms. The van der Waals surface area contributed by atoms with Crippen LogP contribution in [0.4, 0.5) is 0 Å². The van der Waals surface area contributed by atoms with Crippen molar-refractivity contribution in [2.45, 2.75) is 65.0 Å². The normalized spacial score (nSPS) is 18.4. The minimum atomic E-state index is 0.411. The Hall–Kier alpha value is -0.350. The molecule has 1 aromatic heterocycles. The molecular formula is C15H26BrN3. The summed E-state index contributed by atoms with van der Waals surface area (Å²) in [5, 5.41) is 8.30. The molecule has 2 rings (SSSR count). The first-order chi connectivity index (χ1) is 9.15. The number of rotatable bonds is 6. The van der Waals surface area contributed by atoms with Gasteiger partial charge >= 0.3 is 0 Å². The molecule has 0 amide bonds. The van der Waals surface area contributed by atoms with Crippen LogP contribution in [0.1, 0.15) is 70.7 Å². The average Bonchev–Trinajstić information content (AvgIpc) is 3.01. The van der Waals surface area contributed by atoms with E-state index in [1.807, 2.05) is 6.20 Å². The Morgan fingerprint density at radius 2 is 2.11 bits per heavy atom. The summed E-state index contributed by atoms with van der Waals surface area (Å²) in [7, 11) is 0. The number of hydrogen-bond acceptors (Lipinski definition) is 2. The van der Waals surface area contributed by atoms with Gasteiger partial charge in [0, 0.05) is 6.04 Å². The molecule has 108 valence electrons. The summed E-state index contributed by atoms with van der Waals surface area (Å²) in [4.78, 5) is 0. The van der Waals surface area contributed by atoms with E-state index >= 15 is 0 Å². The van der Waals surface area contributed by atoms with E-state index < -0.39 is 0 Å². The van der Waals surface area contributed by atoms with Gasteiger partial charge in [-0.25, -0.2) is 0 Å². The quantitative estimate of drug-likeness (QED) is 0.836. The van der Waals surface area contributed by atoms with E-state index in [9.17, 15) is 0 Å². The van der Waals surface area contributed by atoms with Gasteiger partial charge in [-0.2, -0.15) is 5.10 Å². The van der Waals surface area contributed by atoms with Crippen molar-refractivity contribution < 1.29 is 0 Å². The van der Waals surface area contributed by atoms with Crippen LogP contribution in [0.15, 0.2) is 10.7 Å². The Morgan fingerprint density at radius 3 is 2.68 bits per heavy atom. The molecule has 1 N–H and O–H groups in total. The first-order valence-electron chi connectivity index (χ1n) is 7.61. The van der Waals surface area contributed by atoms with Crippen molar-refractivity contribution >= 4 is 15.9 Å². The van der Waals surface area contributed by atoms with Crippen molar-refractivity contribution in [2.24, 2.45) is 5.92 Å². The van der Waals surface area contributed by atoms with Gasteiger partial charge in [-0.05, 0) is 61.5 Å². The van der Waals surface area contributed by atoms with Crippen molar-refractivity contribution in [2.75, 3.05) is 6.54 Å². The lowest BCUT2D eigenvalue weighted by Crippen LogP contribution is -2.30. The second-order valence-electron chi connectivity index (χ2n) is 5.89. The largest absolute Gasteiger partial charge is 0.308 e. The van der Waals surface area contributed by atoms with E-state index in [0.29, 0.717) is 12.1 Å². The molecule has 1 unspecified atom stereocenters. The highest BCUT2D eigenvalue weighted by Gasteiger charge is 2.30. The number of hydrogen-bond donors (Lipinski definition) is 1. The highest BCUT2D eigenvalue weighted by Crippen LogP contribution is 2.38. The summed E-state index contributed by atoms with van der Waals surface area (Å²) in [5.74, 6) is 0.761. The summed E-state index contributed by atoms with van der Waals surface area (Å²) < 4.78 is 3.33. The lowest BCUT2D eigenvalue weighted by Gasteiger charge is -2.27. The standard InChI is InChI=1S/C15H26BrN3/c1-4-9-17-14(12-7-5-6-8-12)15-13(16)10-18-19(15)11(2)3/h10-12,14,17H,4-9H2,1-3H3. The topological polar surface area (TPSA) is 29.9 Å². The maximum atomic E-state index is 4.55. The summed E-state index contributed by atoms with van der Waals surface area (Å²) in [6.45, 7) is 7.72. The molecule has 0 aliphatic heterocycles. The van der Waals surface area contributed by atoms with Crippen LogP contribution in [0.5, 0.6) is 0 Å². The van der Waals surface area contributed by atoms with Crippen molar-refractivity contribution in [1.82, 2.24) is 15.1 Å². The molecule has 0 aromatic carbocycles. The van der Waals surface area contributed by atoms with Crippen molar-refractivity contribution in [1.29, 1.82) is 0 Å². The third kappa shape index (κ3) is 3.40. The maximum Gasteiger partial charge on any atom is 0.0701 e. The van der Waals surface area contributed by atoms with E-state index in [-0.39, 0.29) is 0 Å². The fraction of sp³-hybridized carbons (Fsp3) is 0.800. The number of halogens is 1. The molecule has 3 nitrogen and oxygen atoms in total. The Balaban J connectivity index is 2.28. The highest BCUT2D eigenvalue weighted by molar-refractivity contribution is 9.10. The molecule has 0 radical (unpaired) electrons. The lowest BCUT2D eigenvalue weighted by molar-refractivity contribution is 0.336. The summed E-state index contributed by atoms with van der Waals surface area (Å²) in [6.07, 6.45) is 8.57. The predicted molar refractivity (Wildman–Crippen MR) is 83.3 cm³/mol. The van der Waals surface area contributed by atoms with Crippen LogP contribution >= 0.6 is 15.9 Å². The fourth-order valence-corrected chi connectivity index (χ4v) is 3.65. The van der Waals surface area contributed by atoms with Gasteiger partial charge in [0.2, 0.25) is 0 Å². The third-order valence-electron chi connectivity index (χ3n) is 4.06. The van der Waals surface area contributed by atoms with Gasteiger partial charge < -0.3 is 5.32 Å². The molecule has 1 saturated carbocycles. The highest BCUT2D eigenvalue weighted by atomic mass is 79.9. The van der Waals surface area contributed by atoms with Gasteiger partial charge in [-0.3, -0.25) is 4.68 Å². The van der Waals surface area contributed by atoms with E-state index in [0.717, 1.165) is 16.9 Å². The minimum Gasteiger partial charge on any atom is -0.308 e. The van der Waals surface area contributed by atoms with E-state index in [2.05, 4.69) is 51.8 Å². The lowest BCUT2D eigenvalue weighted by atomic mass is 9.95. The van der Waals surface area contributed by atoms with Crippen LogP contribution in [-0.2, 0) is 0 Å². The minimum absolute atomic E-state index is 0.411. The molecule has 19 heavy (non-hydrogen) atoms. The maximum absolute atomic E-state index is 4.55. The van der Waals surface area contributed by atoms with Crippen LogP contribution < -0.4 is 5.32 Å². The van der Waals surface area contributed by atoms with Crippen LogP contribution in [-0.4, -0.2) is 16.3 Å². The van der Waals surface area contributed by atoms with Crippen molar-refractivity contribution in [3.8, 4) is 0 Å². The Kier molecular flexibility index (Phi) is 5.46. The van der Waals surface area contributed by atoms with Crippen molar-refractivity contribution in [3.63, 3.8) is 0 Å². The Morgan fingerprint density at radius 1 is 1.42 bits per heavy atom. The molecule has 0 saturated heterocycles. The second-order valence-corrected chi connectivity index (χ2v) is 6.75. The van der Waals surface area contributed by atoms with Gasteiger partial charge in [-0.1, -0.05) is 19.8 Å². The molecule has 1 aromatic rings. The van der Waals surface area contributed by atoms with Gasteiger partial charge in [0.1, 0.15) is 0 Å². The summed E-state index contributed by atoms with van der Waals surface area (Å²) in [5.41, 5.74) is 1.34. The van der Waals surface area contributed by atoms with Gasteiger partial charge in [-0.15, -0.1) is 0 Å². The zero-order valence-electron chi connectivity index (χ0n) is 12.3. The first-order valence-corrected chi connectivity index (χ1v) is 8.40. The summed E-state index contributed by atoms with van der Waals surface area (Å²) >= 11 is 3.70. The molecule has 1 aliphatic carbocycles. The van der Waals surface area contributed by atoms with Crippen LogP contribution in [0, 0.1) is 5.92 Å². The predicted octanol–water partition coefficient (Wildman–Crippen LogP) is 4.46. The number of aromatic nitrogens is 2. The summed E-state index contributed by atoms with van der Waals surface area (Å²) in [6, 6.07) is 0.857. The van der Waals surface area contributed by atoms with Gasteiger partial charge in [0.15, 0.2) is 0 Å². The van der Waals surface area contributed by atoms with E-state index in [4.69, 9.17) is 0 Å². The van der Waals surface area contributed by atoms with Gasteiger partial charge in [0.05, 0.1) is 22.4 Å². The SMILES string of the molecule is CCCNC(c1c(Br)cnn1C(C)C)C1CCCC1. The van der Waals surface area contributed by atoms with Crippen LogP contribution in [0.25, 0.3) is 0 Å². The molecule has 1 fully saturated rings. The van der Waals surface area contributed by atoms with Crippen LogP contribution in [0.3, 0.4) is 0 Å². The van der Waals surface area contributed by atoms with E-state index in [1.165, 1.54) is 37.8 Å². The molecule has 0 bridgehead atoms. The zero-order valence-corrected chi connectivity index (χ0v) is 13.9. The molecule has 1 atom stereocenters. The molecule has 1 heterocycles. The monoisotopic (exact) mass is 327 g/mol. The van der Waals surface area contributed by atoms with Crippen LogP contribution in [0.2, 0.25) is 0 Å². The molecule has 4 heteroatoms. The number of nitrogens with zero attached hydrogens (tertiary/aromatic N) is 2.